The first-order valence-corrected chi connectivity index (χ1v) is 6.52. The van der Waals surface area contributed by atoms with Gasteiger partial charge in [-0.1, -0.05) is 5.92 Å². The van der Waals surface area contributed by atoms with Crippen LogP contribution in [0.3, 0.4) is 0 Å². The molecule has 0 unspecified atom stereocenters. The third-order valence-corrected chi connectivity index (χ3v) is 2.93. The minimum atomic E-state index is -3.24. The van der Waals surface area contributed by atoms with E-state index in [2.05, 4.69) is 11.2 Å². The molecule has 5 nitrogen and oxygen atoms in total. The molecule has 90 valence electrons. The summed E-state index contributed by atoms with van der Waals surface area (Å²) in [7, 11) is -3.24. The molecule has 0 aliphatic rings. The zero-order chi connectivity index (χ0) is 12.9. The molecule has 0 aliphatic heterocycles. The molecule has 1 rings (SSSR count). The van der Waals surface area contributed by atoms with Crippen LogP contribution in [0.4, 0.5) is 4.79 Å². The molecule has 17 heavy (non-hydrogen) atoms. The van der Waals surface area contributed by atoms with Gasteiger partial charge in [0.05, 0.1) is 11.4 Å². The van der Waals surface area contributed by atoms with Crippen molar-refractivity contribution in [2.75, 3.05) is 12.8 Å². The molecule has 0 aliphatic carbocycles. The van der Waals surface area contributed by atoms with E-state index in [4.69, 9.17) is 11.2 Å². The molecule has 1 amide bonds. The summed E-state index contributed by atoms with van der Waals surface area (Å²) in [6, 6.07) is 5.51. The lowest BCUT2D eigenvalue weighted by molar-refractivity contribution is 0.202. The lowest BCUT2D eigenvalue weighted by atomic mass is 10.3. The maximum atomic E-state index is 11.2. The molecule has 0 atom stereocenters. The Hall–Kier alpha value is -2.00. The van der Waals surface area contributed by atoms with Gasteiger partial charge in [0, 0.05) is 6.26 Å². The van der Waals surface area contributed by atoms with Crippen LogP contribution in [0.5, 0.6) is 5.75 Å². The average Bonchev–Trinajstić information content (AvgIpc) is 2.26. The van der Waals surface area contributed by atoms with Gasteiger partial charge in [0.25, 0.3) is 0 Å². The van der Waals surface area contributed by atoms with Gasteiger partial charge >= 0.3 is 6.09 Å². The van der Waals surface area contributed by atoms with Crippen LogP contribution in [0.25, 0.3) is 0 Å². The molecule has 0 aromatic heterocycles. The first kappa shape index (κ1) is 13.1. The maximum Gasteiger partial charge on any atom is 0.413 e. The molecular weight excluding hydrogens is 242 g/mol. The highest BCUT2D eigenvalue weighted by Gasteiger charge is 2.08. The number of amides is 1. The first-order valence-electron chi connectivity index (χ1n) is 4.63. The Morgan fingerprint density at radius 3 is 2.47 bits per heavy atom. The number of terminal acetylenes is 1. The Bertz CT molecular complexity index is 540. The van der Waals surface area contributed by atoms with E-state index in [1.54, 1.807) is 0 Å². The minimum Gasteiger partial charge on any atom is -0.410 e. The summed E-state index contributed by atoms with van der Waals surface area (Å²) >= 11 is 0. The molecule has 0 saturated heterocycles. The van der Waals surface area contributed by atoms with Crippen LogP contribution in [0.15, 0.2) is 29.2 Å². The Morgan fingerprint density at radius 1 is 1.41 bits per heavy atom. The maximum absolute atomic E-state index is 11.2. The second-order valence-electron chi connectivity index (χ2n) is 3.19. The molecule has 0 radical (unpaired) electrons. The van der Waals surface area contributed by atoms with E-state index >= 15 is 0 Å². The molecule has 1 N–H and O–H groups in total. The summed E-state index contributed by atoms with van der Waals surface area (Å²) in [5.74, 6) is 2.46. The molecule has 0 bridgehead atoms. The highest BCUT2D eigenvalue weighted by molar-refractivity contribution is 7.90. The number of ether oxygens (including phenoxy) is 1. The monoisotopic (exact) mass is 253 g/mol. The molecule has 1 aromatic carbocycles. The predicted octanol–water partition coefficient (Wildman–Crippen LogP) is 0.812. The highest BCUT2D eigenvalue weighted by Crippen LogP contribution is 2.15. The number of hydrogen-bond acceptors (Lipinski definition) is 4. The van der Waals surface area contributed by atoms with Crippen molar-refractivity contribution in [1.82, 2.24) is 5.32 Å². The van der Waals surface area contributed by atoms with Gasteiger partial charge < -0.3 is 10.1 Å². The van der Waals surface area contributed by atoms with Crippen LogP contribution in [-0.4, -0.2) is 27.3 Å². The Labute approximate surface area is 99.7 Å². The molecule has 1 aromatic rings. The third kappa shape index (κ3) is 4.17. The summed E-state index contributed by atoms with van der Waals surface area (Å²) in [4.78, 5) is 11.3. The molecule has 0 saturated carbocycles. The number of carbonyl (C=O) groups excluding carboxylic acids is 1. The summed E-state index contributed by atoms with van der Waals surface area (Å²) in [5.41, 5.74) is 0. The standard InChI is InChI=1S/C11H11NO4S/c1-3-8-12-11(13)16-9-4-6-10(7-5-9)17(2,14)15/h1,4-7H,8H2,2H3,(H,12,13). The third-order valence-electron chi connectivity index (χ3n) is 1.80. The van der Waals surface area contributed by atoms with E-state index in [1.807, 2.05) is 0 Å². The summed E-state index contributed by atoms with van der Waals surface area (Å²) < 4.78 is 27.2. The van der Waals surface area contributed by atoms with Gasteiger partial charge in [0.1, 0.15) is 5.75 Å². The van der Waals surface area contributed by atoms with Crippen molar-refractivity contribution in [3.05, 3.63) is 24.3 Å². The highest BCUT2D eigenvalue weighted by atomic mass is 32.2. The first-order chi connectivity index (χ1) is 7.93. The van der Waals surface area contributed by atoms with E-state index in [0.29, 0.717) is 0 Å². The Kier molecular flexibility index (Phi) is 4.12. The van der Waals surface area contributed by atoms with Gasteiger partial charge in [-0.3, -0.25) is 0 Å². The van der Waals surface area contributed by atoms with Gasteiger partial charge in [0.2, 0.25) is 0 Å². The number of hydrogen-bond donors (Lipinski definition) is 1. The van der Waals surface area contributed by atoms with Crippen molar-refractivity contribution < 1.29 is 17.9 Å². The zero-order valence-electron chi connectivity index (χ0n) is 9.14. The van der Waals surface area contributed by atoms with Crippen molar-refractivity contribution in [3.8, 4) is 18.1 Å². The van der Waals surface area contributed by atoms with Gasteiger partial charge in [0.15, 0.2) is 9.84 Å². The van der Waals surface area contributed by atoms with Crippen molar-refractivity contribution in [1.29, 1.82) is 0 Å². The van der Waals surface area contributed by atoms with Gasteiger partial charge in [-0.2, -0.15) is 0 Å². The van der Waals surface area contributed by atoms with E-state index < -0.39 is 15.9 Å². The minimum absolute atomic E-state index is 0.0697. The Balaban J connectivity index is 2.70. The SMILES string of the molecule is C#CCNC(=O)Oc1ccc(S(C)(=O)=O)cc1. The van der Waals surface area contributed by atoms with Crippen LogP contribution in [0.2, 0.25) is 0 Å². The van der Waals surface area contributed by atoms with Crippen LogP contribution < -0.4 is 10.1 Å². The fourth-order valence-electron chi connectivity index (χ4n) is 1.02. The van der Waals surface area contributed by atoms with Crippen LogP contribution in [0.1, 0.15) is 0 Å². The predicted molar refractivity (Wildman–Crippen MR) is 62.4 cm³/mol. The van der Waals surface area contributed by atoms with Crippen LogP contribution >= 0.6 is 0 Å². The quantitative estimate of drug-likeness (QED) is 0.809. The number of sulfone groups is 1. The summed E-state index contributed by atoms with van der Waals surface area (Å²) in [5, 5.41) is 2.31. The fourth-order valence-corrected chi connectivity index (χ4v) is 1.65. The topological polar surface area (TPSA) is 72.5 Å². The van der Waals surface area contributed by atoms with Crippen LogP contribution in [-0.2, 0) is 9.84 Å². The normalized spacial score (nSPS) is 10.4. The van der Waals surface area contributed by atoms with Crippen molar-refractivity contribution in [3.63, 3.8) is 0 Å². The van der Waals surface area contributed by atoms with Crippen molar-refractivity contribution in [2.45, 2.75) is 4.90 Å². The zero-order valence-corrected chi connectivity index (χ0v) is 9.95. The molecule has 0 fully saturated rings. The summed E-state index contributed by atoms with van der Waals surface area (Å²) in [6.07, 6.45) is 5.37. The molecule has 6 heteroatoms. The van der Waals surface area contributed by atoms with Crippen molar-refractivity contribution >= 4 is 15.9 Å². The fraction of sp³-hybridized carbons (Fsp3) is 0.182. The Morgan fingerprint density at radius 2 is 2.00 bits per heavy atom. The molecule has 0 spiro atoms. The number of carbonyl (C=O) groups is 1. The van der Waals surface area contributed by atoms with E-state index in [9.17, 15) is 13.2 Å². The average molecular weight is 253 g/mol. The van der Waals surface area contributed by atoms with Crippen LogP contribution in [0, 0.1) is 12.3 Å². The lowest BCUT2D eigenvalue weighted by Gasteiger charge is -2.04. The lowest BCUT2D eigenvalue weighted by Crippen LogP contribution is -2.26. The van der Waals surface area contributed by atoms with E-state index in [0.717, 1.165) is 6.26 Å². The van der Waals surface area contributed by atoms with E-state index in [-0.39, 0.29) is 17.2 Å². The van der Waals surface area contributed by atoms with Crippen molar-refractivity contribution in [2.24, 2.45) is 0 Å². The largest absolute Gasteiger partial charge is 0.413 e. The van der Waals surface area contributed by atoms with Gasteiger partial charge in [-0.05, 0) is 24.3 Å². The number of nitrogens with one attached hydrogen (secondary N) is 1. The number of benzene rings is 1. The van der Waals surface area contributed by atoms with E-state index in [1.165, 1.54) is 24.3 Å². The summed E-state index contributed by atoms with van der Waals surface area (Å²) in [6.45, 7) is 0.0697. The molecular formula is C11H11NO4S. The van der Waals surface area contributed by atoms with Gasteiger partial charge in [-0.25, -0.2) is 13.2 Å². The second kappa shape index (κ2) is 5.37. The number of rotatable bonds is 3. The molecule has 0 heterocycles. The van der Waals surface area contributed by atoms with Gasteiger partial charge in [-0.15, -0.1) is 6.42 Å². The smallest absolute Gasteiger partial charge is 0.410 e. The second-order valence-corrected chi connectivity index (χ2v) is 5.21.